The van der Waals surface area contributed by atoms with Crippen LogP contribution >= 0.6 is 25.3 Å². The number of para-hydroxylation sites is 1. The van der Waals surface area contributed by atoms with Crippen LogP contribution in [0.1, 0.15) is 121 Å². The van der Waals surface area contributed by atoms with Gasteiger partial charge in [0.05, 0.1) is 6.04 Å². The summed E-state index contributed by atoms with van der Waals surface area (Å²) in [5.74, 6) is -7.29. The van der Waals surface area contributed by atoms with E-state index in [4.69, 9.17) is 40.1 Å². The van der Waals surface area contributed by atoms with E-state index in [1.165, 1.54) is 0 Å². The van der Waals surface area contributed by atoms with Crippen molar-refractivity contribution >= 4 is 89.4 Å². The molecule has 0 radical (unpaired) electrons. The van der Waals surface area contributed by atoms with Crippen LogP contribution in [0.5, 0.6) is 0 Å². The Morgan fingerprint density at radius 2 is 0.691 bits per heavy atom. The number of aromatic nitrogens is 1. The highest BCUT2D eigenvalue weighted by Crippen LogP contribution is 2.20. The SMILES string of the molecule is NCCCC[C@H](NC(=O)[C@H](CCCCN)NC(=O)[C@H](CCCCN)NC(=O)[C@H](CCCCN)NC(=O)[C@H](CCCCN)NC(=O)[C@H](CCCCN)NC(=O)[C@H](Cc1c[nH]c2ccccc12)NC(=O)[C@@H](N)CS)C(=O)N[C@@H](CS)C(=O)O. The van der Waals surface area contributed by atoms with Gasteiger partial charge in [-0.25, -0.2) is 4.79 Å². The monoisotopic (exact) mass is 1180 g/mol. The van der Waals surface area contributed by atoms with Gasteiger partial charge < -0.3 is 92.8 Å². The van der Waals surface area contributed by atoms with Crippen molar-refractivity contribution in [2.24, 2.45) is 40.1 Å². The van der Waals surface area contributed by atoms with E-state index in [9.17, 15) is 48.3 Å². The van der Waals surface area contributed by atoms with Gasteiger partial charge in [0, 0.05) is 35.0 Å². The first-order valence-corrected chi connectivity index (χ1v) is 29.6. The van der Waals surface area contributed by atoms with Crippen LogP contribution in [0.4, 0.5) is 0 Å². The maximum Gasteiger partial charge on any atom is 0.327 e. The Morgan fingerprint density at radius 3 is 0.975 bits per heavy atom. The summed E-state index contributed by atoms with van der Waals surface area (Å²) in [7, 11) is 0. The van der Waals surface area contributed by atoms with Gasteiger partial charge in [0.2, 0.25) is 47.3 Å². The number of carboxylic acid groups (broad SMARTS) is 1. The second-order valence-corrected chi connectivity index (χ2v) is 20.8. The van der Waals surface area contributed by atoms with Crippen molar-refractivity contribution in [2.45, 2.75) is 176 Å². The molecule has 1 aromatic carbocycles. The lowest BCUT2D eigenvalue weighted by Crippen LogP contribution is -2.60. The standard InChI is InChI=1S/C53H94N16O10S2/c54-23-9-3-17-37(46(71)62-38(18-4-10-24-55)47(72)64-40(20-6-12-26-57)49(74)66-42(22-8-14-28-59)51(76)69-44(32-81)53(78)79)63-48(73)39(19-5-11-25-56)65-50(75)41(21-7-13-27-58)67-52(77)43(68-45(70)35(60)31-80)29-33-30-61-36-16-2-1-15-34(33)36/h1-2,15-16,30,35,37-44,61,80-81H,3-14,17-29,31-32,54-60H2,(H,62,71)(H,63,73)(H,64,72)(H,65,75)(H,66,74)(H,67,77)(H,68,70)(H,69,76)(H,78,79)/t35-,37-,38-,39-,40-,41-,42-,43-,44-/m0/s1. The summed E-state index contributed by atoms with van der Waals surface area (Å²) in [5, 5.41) is 32.1. The number of carbonyl (C=O) groups is 9. The molecule has 0 fully saturated rings. The number of thiol groups is 2. The van der Waals surface area contributed by atoms with E-state index < -0.39 is 108 Å². The Labute approximate surface area is 486 Å². The quantitative estimate of drug-likeness (QED) is 0.0244. The number of benzene rings is 1. The number of nitrogens with one attached hydrogen (secondary N) is 9. The summed E-state index contributed by atoms with van der Waals surface area (Å²) in [6.45, 7) is 1.71. The summed E-state index contributed by atoms with van der Waals surface area (Å²) < 4.78 is 0. The van der Waals surface area contributed by atoms with E-state index in [2.05, 4.69) is 72.8 Å². The molecule has 0 aliphatic rings. The number of aromatic amines is 1. The molecule has 0 aliphatic carbocycles. The van der Waals surface area contributed by atoms with Gasteiger partial charge in [0.1, 0.15) is 48.3 Å². The maximum absolute atomic E-state index is 14.5. The van der Waals surface area contributed by atoms with E-state index in [0.717, 1.165) is 16.5 Å². The summed E-state index contributed by atoms with van der Waals surface area (Å²) in [4.78, 5) is 127. The van der Waals surface area contributed by atoms with Gasteiger partial charge in [0.15, 0.2) is 0 Å². The molecule has 8 amide bonds. The van der Waals surface area contributed by atoms with Crippen LogP contribution < -0.4 is 82.7 Å². The van der Waals surface area contributed by atoms with Crippen LogP contribution in [0.15, 0.2) is 30.5 Å². The molecule has 1 heterocycles. The van der Waals surface area contributed by atoms with Crippen molar-refractivity contribution in [1.82, 2.24) is 47.5 Å². The Bertz CT molecular complexity index is 2250. The van der Waals surface area contributed by atoms with E-state index in [-0.39, 0.29) is 82.6 Å². The lowest BCUT2D eigenvalue weighted by molar-refractivity contribution is -0.141. The number of rotatable bonds is 45. The Hall–Kier alpha value is -5.59. The number of nitrogens with two attached hydrogens (primary N) is 7. The first-order chi connectivity index (χ1) is 38.9. The fourth-order valence-electron chi connectivity index (χ4n) is 8.75. The fraction of sp³-hybridized carbons (Fsp3) is 0.679. The van der Waals surface area contributed by atoms with Crippen molar-refractivity contribution < 1.29 is 48.3 Å². The summed E-state index contributed by atoms with van der Waals surface area (Å²) in [6, 6.07) is -3.54. The highest BCUT2D eigenvalue weighted by Gasteiger charge is 2.35. The number of carbonyl (C=O) groups excluding carboxylic acids is 8. The number of hydrogen-bond acceptors (Lipinski definition) is 18. The van der Waals surface area contributed by atoms with Crippen LogP contribution in [0.25, 0.3) is 10.9 Å². The molecule has 26 nitrogen and oxygen atoms in total. The minimum Gasteiger partial charge on any atom is -0.480 e. The normalized spacial score (nSPS) is 14.6. The number of fused-ring (bicyclic) bond motifs is 1. The highest BCUT2D eigenvalue weighted by molar-refractivity contribution is 7.80. The predicted octanol–water partition coefficient (Wildman–Crippen LogP) is -2.37. The van der Waals surface area contributed by atoms with Crippen LogP contribution in [0, 0.1) is 0 Å². The number of carboxylic acids is 1. The van der Waals surface area contributed by atoms with E-state index in [0.29, 0.717) is 90.1 Å². The average molecular weight is 1180 g/mol. The number of hydrogen-bond donors (Lipinski definition) is 19. The Kier molecular flexibility index (Phi) is 36.6. The average Bonchev–Trinajstić information content (AvgIpc) is 3.87. The zero-order valence-corrected chi connectivity index (χ0v) is 48.5. The zero-order valence-electron chi connectivity index (χ0n) is 46.7. The van der Waals surface area contributed by atoms with Crippen LogP contribution in [-0.2, 0) is 49.6 Å². The zero-order chi connectivity index (χ0) is 60.1. The molecule has 2 aromatic rings. The highest BCUT2D eigenvalue weighted by atomic mass is 32.1. The van der Waals surface area contributed by atoms with Crippen LogP contribution in [0.3, 0.4) is 0 Å². The molecule has 24 N–H and O–H groups in total. The fourth-order valence-corrected chi connectivity index (χ4v) is 9.17. The molecule has 2 rings (SSSR count). The molecule has 0 unspecified atom stereocenters. The molecule has 0 bridgehead atoms. The lowest BCUT2D eigenvalue weighted by Gasteiger charge is -2.28. The largest absolute Gasteiger partial charge is 0.480 e. The van der Waals surface area contributed by atoms with E-state index in [1.807, 2.05) is 24.3 Å². The number of amides is 8. The third kappa shape index (κ3) is 26.9. The van der Waals surface area contributed by atoms with Crippen molar-refractivity contribution in [3.63, 3.8) is 0 Å². The van der Waals surface area contributed by atoms with Crippen LogP contribution in [0.2, 0.25) is 0 Å². The van der Waals surface area contributed by atoms with Crippen molar-refractivity contribution in [3.8, 4) is 0 Å². The van der Waals surface area contributed by atoms with E-state index >= 15 is 0 Å². The molecular weight excluding hydrogens is 1080 g/mol. The third-order valence-electron chi connectivity index (χ3n) is 13.5. The first-order valence-electron chi connectivity index (χ1n) is 28.3. The minimum absolute atomic E-state index is 0.000966. The third-order valence-corrected chi connectivity index (χ3v) is 14.3. The molecular formula is C53H94N16O10S2. The molecule has 0 saturated carbocycles. The Morgan fingerprint density at radius 1 is 0.407 bits per heavy atom. The smallest absolute Gasteiger partial charge is 0.327 e. The second-order valence-electron chi connectivity index (χ2n) is 20.1. The van der Waals surface area contributed by atoms with Crippen molar-refractivity contribution in [3.05, 3.63) is 36.0 Å². The molecule has 0 spiro atoms. The molecule has 9 atom stereocenters. The van der Waals surface area contributed by atoms with Gasteiger partial charge in [-0.1, -0.05) is 18.2 Å². The summed E-state index contributed by atoms with van der Waals surface area (Å²) in [5.41, 5.74) is 42.3. The molecule has 0 saturated heterocycles. The predicted molar refractivity (Wildman–Crippen MR) is 318 cm³/mol. The van der Waals surface area contributed by atoms with Gasteiger partial charge in [0.25, 0.3) is 0 Å². The molecule has 0 aliphatic heterocycles. The van der Waals surface area contributed by atoms with Crippen molar-refractivity contribution in [2.75, 3.05) is 50.8 Å². The molecule has 1 aromatic heterocycles. The summed E-state index contributed by atoms with van der Waals surface area (Å²) in [6.07, 6.45) is 7.55. The second kappa shape index (κ2) is 41.4. The number of H-pyrrole nitrogens is 1. The molecule has 458 valence electrons. The van der Waals surface area contributed by atoms with Gasteiger partial charge in [-0.3, -0.25) is 38.4 Å². The van der Waals surface area contributed by atoms with Crippen molar-refractivity contribution in [1.29, 1.82) is 0 Å². The minimum atomic E-state index is -1.34. The number of unbranched alkanes of at least 4 members (excludes halogenated alkanes) is 6. The lowest BCUT2D eigenvalue weighted by atomic mass is 10.0. The molecule has 81 heavy (non-hydrogen) atoms. The maximum atomic E-state index is 14.5. The topological polar surface area (TPSA) is 468 Å². The summed E-state index contributed by atoms with van der Waals surface area (Å²) >= 11 is 8.17. The van der Waals surface area contributed by atoms with Gasteiger partial charge in [-0.05, 0) is 166 Å². The van der Waals surface area contributed by atoms with Crippen LogP contribution in [-0.4, -0.2) is 168 Å². The number of aliphatic carboxylic acids is 1. The first kappa shape index (κ1) is 71.5. The van der Waals surface area contributed by atoms with Gasteiger partial charge in [-0.15, -0.1) is 0 Å². The van der Waals surface area contributed by atoms with Gasteiger partial charge >= 0.3 is 5.97 Å². The van der Waals surface area contributed by atoms with Gasteiger partial charge in [-0.2, -0.15) is 25.3 Å². The molecule has 28 heteroatoms. The Balaban J connectivity index is 2.49. The van der Waals surface area contributed by atoms with E-state index in [1.54, 1.807) is 6.20 Å².